The molecule has 7 heteroatoms. The number of primary amides is 1. The molecule has 0 bridgehead atoms. The first kappa shape index (κ1) is 18.2. The molecule has 1 atom stereocenters. The molecule has 2 amide bonds. The molecule has 24 heavy (non-hydrogen) atoms. The lowest BCUT2D eigenvalue weighted by Gasteiger charge is -2.33. The number of nitrogens with one attached hydrogen (secondary N) is 1. The molecule has 0 aliphatic carbocycles. The van der Waals surface area contributed by atoms with E-state index < -0.39 is 11.5 Å². The maximum Gasteiger partial charge on any atom is 0.407 e. The molecule has 1 aromatic rings. The quantitative estimate of drug-likeness (QED) is 0.873. The van der Waals surface area contributed by atoms with Crippen molar-refractivity contribution >= 4 is 12.0 Å². The summed E-state index contributed by atoms with van der Waals surface area (Å²) in [5.74, 6) is -0.528. The monoisotopic (exact) mass is 334 g/mol. The Bertz CT molecular complexity index is 598. The van der Waals surface area contributed by atoms with Crippen LogP contribution in [0.5, 0.6) is 0 Å². The number of alkyl carbamates (subject to hydrolysis) is 1. The zero-order chi connectivity index (χ0) is 17.7. The molecule has 7 nitrogen and oxygen atoms in total. The minimum Gasteiger partial charge on any atom is -0.444 e. The summed E-state index contributed by atoms with van der Waals surface area (Å²) in [6.07, 6.45) is 3.14. The first-order chi connectivity index (χ1) is 11.2. The fourth-order valence-corrected chi connectivity index (χ4v) is 2.76. The van der Waals surface area contributed by atoms with Crippen molar-refractivity contribution in [1.29, 1.82) is 0 Å². The lowest BCUT2D eigenvalue weighted by Crippen LogP contribution is -2.48. The number of hydrogen-bond acceptors (Lipinski definition) is 5. The molecule has 0 aromatic carbocycles. The van der Waals surface area contributed by atoms with Crippen LogP contribution in [0, 0.1) is 0 Å². The summed E-state index contributed by atoms with van der Waals surface area (Å²) in [5, 5.41) is 2.93. The number of carbonyl (C=O) groups excluding carboxylic acids is 2. The van der Waals surface area contributed by atoms with Crippen LogP contribution in [0.25, 0.3) is 0 Å². The van der Waals surface area contributed by atoms with Crippen LogP contribution in [0.4, 0.5) is 4.79 Å². The number of carbonyl (C=O) groups is 2. The van der Waals surface area contributed by atoms with Crippen molar-refractivity contribution < 1.29 is 14.3 Å². The lowest BCUT2D eigenvalue weighted by atomic mass is 10.0. The lowest BCUT2D eigenvalue weighted by molar-refractivity contribution is 0.0470. The number of pyridine rings is 1. The molecule has 0 saturated carbocycles. The average molecular weight is 334 g/mol. The molecule has 3 N–H and O–H groups in total. The van der Waals surface area contributed by atoms with Gasteiger partial charge in [-0.15, -0.1) is 0 Å². The van der Waals surface area contributed by atoms with Gasteiger partial charge < -0.3 is 15.8 Å². The summed E-state index contributed by atoms with van der Waals surface area (Å²) in [5.41, 5.74) is 6.02. The third kappa shape index (κ3) is 5.81. The van der Waals surface area contributed by atoms with E-state index in [2.05, 4.69) is 15.2 Å². The summed E-state index contributed by atoms with van der Waals surface area (Å²) >= 11 is 0. The van der Waals surface area contributed by atoms with Crippen LogP contribution in [0.2, 0.25) is 0 Å². The summed E-state index contributed by atoms with van der Waals surface area (Å²) in [6, 6.07) is 3.65. The molecule has 1 aliphatic rings. The van der Waals surface area contributed by atoms with Crippen LogP contribution in [0.1, 0.15) is 49.7 Å². The Hall–Kier alpha value is -2.15. The van der Waals surface area contributed by atoms with Crippen molar-refractivity contribution in [3.8, 4) is 0 Å². The van der Waals surface area contributed by atoms with Gasteiger partial charge in [0.05, 0.1) is 0 Å². The van der Waals surface area contributed by atoms with Crippen LogP contribution in [0.15, 0.2) is 18.3 Å². The molecular formula is C17H26N4O3. The number of piperidine rings is 1. The molecule has 1 fully saturated rings. The van der Waals surface area contributed by atoms with Crippen molar-refractivity contribution in [3.05, 3.63) is 29.6 Å². The Kier molecular flexibility index (Phi) is 5.77. The largest absolute Gasteiger partial charge is 0.444 e. The summed E-state index contributed by atoms with van der Waals surface area (Å²) in [7, 11) is 0. The third-order valence-corrected chi connectivity index (χ3v) is 3.71. The van der Waals surface area contributed by atoms with Gasteiger partial charge in [-0.1, -0.05) is 0 Å². The second kappa shape index (κ2) is 7.61. The van der Waals surface area contributed by atoms with Gasteiger partial charge in [0, 0.05) is 25.3 Å². The molecule has 2 rings (SSSR count). The van der Waals surface area contributed by atoms with E-state index in [-0.39, 0.29) is 17.8 Å². The van der Waals surface area contributed by atoms with Gasteiger partial charge in [-0.25, -0.2) is 4.79 Å². The van der Waals surface area contributed by atoms with Crippen LogP contribution in [0.3, 0.4) is 0 Å². The summed E-state index contributed by atoms with van der Waals surface area (Å²) in [4.78, 5) is 29.3. The zero-order valence-electron chi connectivity index (χ0n) is 14.5. The number of ether oxygens (including phenoxy) is 1. The molecule has 0 radical (unpaired) electrons. The minimum atomic E-state index is -0.528. The number of nitrogens with two attached hydrogens (primary N) is 1. The maximum absolute atomic E-state index is 11.9. The number of likely N-dealkylation sites (tertiary alicyclic amines) is 1. The van der Waals surface area contributed by atoms with Crippen LogP contribution >= 0.6 is 0 Å². The SMILES string of the molecule is CC(C)(C)OC(=O)N[C@@H]1CCCN(Cc2ccnc(C(N)=O)c2)C1. The highest BCUT2D eigenvalue weighted by Gasteiger charge is 2.24. The Labute approximate surface area is 142 Å². The highest BCUT2D eigenvalue weighted by molar-refractivity contribution is 5.90. The van der Waals surface area contributed by atoms with E-state index in [1.165, 1.54) is 0 Å². The van der Waals surface area contributed by atoms with E-state index in [0.29, 0.717) is 6.54 Å². The molecule has 0 spiro atoms. The topological polar surface area (TPSA) is 97.6 Å². The van der Waals surface area contributed by atoms with Crippen molar-refractivity contribution in [2.75, 3.05) is 13.1 Å². The predicted octanol–water partition coefficient (Wildman–Crippen LogP) is 1.67. The van der Waals surface area contributed by atoms with E-state index in [4.69, 9.17) is 10.5 Å². The van der Waals surface area contributed by atoms with Crippen molar-refractivity contribution in [2.24, 2.45) is 5.73 Å². The van der Waals surface area contributed by atoms with Gasteiger partial charge in [0.2, 0.25) is 0 Å². The van der Waals surface area contributed by atoms with Crippen LogP contribution < -0.4 is 11.1 Å². The number of amides is 2. The van der Waals surface area contributed by atoms with E-state index in [1.807, 2.05) is 26.8 Å². The maximum atomic E-state index is 11.9. The Balaban J connectivity index is 1.90. The summed E-state index contributed by atoms with van der Waals surface area (Å²) in [6.45, 7) is 7.92. The molecular weight excluding hydrogens is 308 g/mol. The van der Waals surface area contributed by atoms with E-state index in [9.17, 15) is 9.59 Å². The third-order valence-electron chi connectivity index (χ3n) is 3.71. The van der Waals surface area contributed by atoms with Gasteiger partial charge in [0.15, 0.2) is 0 Å². The van der Waals surface area contributed by atoms with Gasteiger partial charge in [-0.05, 0) is 57.9 Å². The van der Waals surface area contributed by atoms with Crippen molar-refractivity contribution in [1.82, 2.24) is 15.2 Å². The molecule has 2 heterocycles. The van der Waals surface area contributed by atoms with Gasteiger partial charge >= 0.3 is 6.09 Å². The Morgan fingerprint density at radius 3 is 2.88 bits per heavy atom. The molecule has 132 valence electrons. The Morgan fingerprint density at radius 1 is 1.46 bits per heavy atom. The minimum absolute atomic E-state index is 0.0612. The highest BCUT2D eigenvalue weighted by atomic mass is 16.6. The molecule has 1 aromatic heterocycles. The number of nitrogens with zero attached hydrogens (tertiary/aromatic N) is 2. The van der Waals surface area contributed by atoms with E-state index in [0.717, 1.165) is 31.5 Å². The van der Waals surface area contributed by atoms with Crippen LogP contribution in [-0.2, 0) is 11.3 Å². The first-order valence-corrected chi connectivity index (χ1v) is 8.19. The van der Waals surface area contributed by atoms with Crippen molar-refractivity contribution in [3.63, 3.8) is 0 Å². The summed E-state index contributed by atoms with van der Waals surface area (Å²) < 4.78 is 5.31. The highest BCUT2D eigenvalue weighted by Crippen LogP contribution is 2.15. The standard InChI is InChI=1S/C17H26N4O3/c1-17(2,3)24-16(23)20-13-5-4-8-21(11-13)10-12-6-7-19-14(9-12)15(18)22/h6-7,9,13H,4-5,8,10-11H2,1-3H3,(H2,18,22)(H,20,23)/t13-/m1/s1. The van der Waals surface area contributed by atoms with Gasteiger partial charge in [-0.3, -0.25) is 14.7 Å². The second-order valence-corrected chi connectivity index (χ2v) is 7.13. The van der Waals surface area contributed by atoms with E-state index >= 15 is 0 Å². The number of hydrogen-bond donors (Lipinski definition) is 2. The van der Waals surface area contributed by atoms with Crippen LogP contribution in [-0.4, -0.2) is 46.6 Å². The first-order valence-electron chi connectivity index (χ1n) is 8.19. The molecule has 0 unspecified atom stereocenters. The van der Waals surface area contributed by atoms with Crippen molar-refractivity contribution in [2.45, 2.75) is 51.8 Å². The fraction of sp³-hybridized carbons (Fsp3) is 0.588. The fourth-order valence-electron chi connectivity index (χ4n) is 2.76. The average Bonchev–Trinajstić information content (AvgIpc) is 2.45. The van der Waals surface area contributed by atoms with Gasteiger partial charge in [0.25, 0.3) is 5.91 Å². The van der Waals surface area contributed by atoms with Gasteiger partial charge in [0.1, 0.15) is 11.3 Å². The van der Waals surface area contributed by atoms with Gasteiger partial charge in [-0.2, -0.15) is 0 Å². The zero-order valence-corrected chi connectivity index (χ0v) is 14.5. The Morgan fingerprint density at radius 2 is 2.21 bits per heavy atom. The van der Waals surface area contributed by atoms with E-state index in [1.54, 1.807) is 12.3 Å². The predicted molar refractivity (Wildman–Crippen MR) is 90.4 cm³/mol. The second-order valence-electron chi connectivity index (χ2n) is 7.13. The molecule has 1 saturated heterocycles. The molecule has 1 aliphatic heterocycles. The number of aromatic nitrogens is 1. The number of rotatable bonds is 4. The normalized spacial score (nSPS) is 18.9. The smallest absolute Gasteiger partial charge is 0.407 e.